The maximum Gasteiger partial charge on any atom is 0.192 e. The van der Waals surface area contributed by atoms with Crippen LogP contribution >= 0.6 is 0 Å². The predicted octanol–water partition coefficient (Wildman–Crippen LogP) is 4.72. The number of hydrogen-bond acceptors (Lipinski definition) is 3. The largest absolute Gasteiger partial charge is 0.494 e. The van der Waals surface area contributed by atoms with Crippen LogP contribution in [0.4, 0.5) is 0 Å². The zero-order valence-electron chi connectivity index (χ0n) is 12.2. The monoisotopic (exact) mass is 279 g/mol. The molecule has 0 saturated carbocycles. The van der Waals surface area contributed by atoms with Gasteiger partial charge in [0.1, 0.15) is 11.4 Å². The quantitative estimate of drug-likeness (QED) is 0.693. The van der Waals surface area contributed by atoms with E-state index in [1.54, 1.807) is 0 Å². The Morgan fingerprint density at radius 3 is 2.33 bits per heavy atom. The smallest absolute Gasteiger partial charge is 0.192 e. The van der Waals surface area contributed by atoms with Crippen molar-refractivity contribution in [1.82, 2.24) is 4.98 Å². The van der Waals surface area contributed by atoms with Gasteiger partial charge in [0.15, 0.2) is 11.7 Å². The maximum atomic E-state index is 5.80. The van der Waals surface area contributed by atoms with Gasteiger partial charge in [-0.05, 0) is 31.2 Å². The van der Waals surface area contributed by atoms with Gasteiger partial charge in [-0.3, -0.25) is 0 Å². The number of nitrogens with zero attached hydrogens (tertiary/aromatic N) is 1. The van der Waals surface area contributed by atoms with E-state index < -0.39 is 0 Å². The number of aryl methyl sites for hydroxylation is 1. The first-order valence-electron chi connectivity index (χ1n) is 7.04. The normalized spacial score (nSPS) is 10.6. The fourth-order valence-electron chi connectivity index (χ4n) is 2.28. The molecule has 0 atom stereocenters. The first-order chi connectivity index (χ1) is 10.3. The van der Waals surface area contributed by atoms with Crippen molar-refractivity contribution in [1.29, 1.82) is 0 Å². The van der Waals surface area contributed by atoms with E-state index in [-0.39, 0.29) is 0 Å². The van der Waals surface area contributed by atoms with Crippen LogP contribution in [0, 0.1) is 6.92 Å². The first-order valence-corrected chi connectivity index (χ1v) is 7.04. The molecule has 0 N–H and O–H groups in total. The van der Waals surface area contributed by atoms with Crippen molar-refractivity contribution in [2.75, 3.05) is 6.61 Å². The summed E-state index contributed by atoms with van der Waals surface area (Å²) in [6, 6.07) is 18.0. The zero-order valence-corrected chi connectivity index (χ0v) is 12.2. The third-order valence-electron chi connectivity index (χ3n) is 3.21. The number of oxazole rings is 1. The molecule has 1 aromatic heterocycles. The maximum absolute atomic E-state index is 5.80. The Morgan fingerprint density at radius 2 is 1.67 bits per heavy atom. The van der Waals surface area contributed by atoms with E-state index in [9.17, 15) is 0 Å². The van der Waals surface area contributed by atoms with Crippen LogP contribution < -0.4 is 4.74 Å². The molecule has 3 aromatic rings. The fourth-order valence-corrected chi connectivity index (χ4v) is 2.28. The van der Waals surface area contributed by atoms with Gasteiger partial charge in [-0.15, -0.1) is 0 Å². The molecule has 0 amide bonds. The second-order valence-corrected chi connectivity index (χ2v) is 4.73. The molecule has 2 aromatic carbocycles. The zero-order chi connectivity index (χ0) is 14.7. The van der Waals surface area contributed by atoms with Gasteiger partial charge in [0.2, 0.25) is 0 Å². The van der Waals surface area contributed by atoms with E-state index in [1.165, 1.54) is 0 Å². The summed E-state index contributed by atoms with van der Waals surface area (Å²) in [6.45, 7) is 4.50. The minimum Gasteiger partial charge on any atom is -0.494 e. The van der Waals surface area contributed by atoms with Crippen LogP contribution in [-0.2, 0) is 0 Å². The van der Waals surface area contributed by atoms with Crippen molar-refractivity contribution in [2.45, 2.75) is 13.8 Å². The number of benzene rings is 2. The fraction of sp³-hybridized carbons (Fsp3) is 0.167. The number of hydrogen-bond donors (Lipinski definition) is 0. The summed E-state index contributed by atoms with van der Waals surface area (Å²) in [7, 11) is 0. The molecule has 0 unspecified atom stereocenters. The van der Waals surface area contributed by atoms with Crippen molar-refractivity contribution < 1.29 is 9.15 Å². The van der Waals surface area contributed by atoms with E-state index >= 15 is 0 Å². The Kier molecular flexibility index (Phi) is 3.73. The molecule has 1 heterocycles. The Bertz CT molecular complexity index is 715. The molecular formula is C18H17NO2. The van der Waals surface area contributed by atoms with Crippen LogP contribution in [0.15, 0.2) is 59.0 Å². The molecule has 3 nitrogen and oxygen atoms in total. The SMILES string of the molecule is CCOc1ccc(-c2oc(C)nc2-c2ccccc2)cc1. The van der Waals surface area contributed by atoms with Gasteiger partial charge in [0.25, 0.3) is 0 Å². The minimum atomic E-state index is 0.663. The molecular weight excluding hydrogens is 262 g/mol. The highest BCUT2D eigenvalue weighted by molar-refractivity contribution is 5.77. The molecule has 21 heavy (non-hydrogen) atoms. The topological polar surface area (TPSA) is 35.3 Å². The van der Waals surface area contributed by atoms with Crippen molar-refractivity contribution in [3.63, 3.8) is 0 Å². The Balaban J connectivity index is 2.02. The van der Waals surface area contributed by atoms with Gasteiger partial charge in [-0.1, -0.05) is 30.3 Å². The molecule has 0 saturated heterocycles. The predicted molar refractivity (Wildman–Crippen MR) is 83.3 cm³/mol. The lowest BCUT2D eigenvalue weighted by Gasteiger charge is -2.04. The summed E-state index contributed by atoms with van der Waals surface area (Å²) < 4.78 is 11.3. The number of rotatable bonds is 4. The van der Waals surface area contributed by atoms with E-state index in [0.29, 0.717) is 12.5 Å². The summed E-state index contributed by atoms with van der Waals surface area (Å²) in [6.07, 6.45) is 0. The second kappa shape index (κ2) is 5.83. The molecule has 0 spiro atoms. The minimum absolute atomic E-state index is 0.663. The lowest BCUT2D eigenvalue weighted by molar-refractivity contribution is 0.340. The van der Waals surface area contributed by atoms with Crippen LogP contribution in [0.3, 0.4) is 0 Å². The van der Waals surface area contributed by atoms with Crippen LogP contribution in [0.5, 0.6) is 5.75 Å². The highest BCUT2D eigenvalue weighted by Gasteiger charge is 2.14. The van der Waals surface area contributed by atoms with E-state index in [1.807, 2.05) is 68.4 Å². The molecule has 0 radical (unpaired) electrons. The first kappa shape index (κ1) is 13.4. The lowest BCUT2D eigenvalue weighted by Crippen LogP contribution is -1.90. The van der Waals surface area contributed by atoms with Crippen molar-refractivity contribution in [2.24, 2.45) is 0 Å². The highest BCUT2D eigenvalue weighted by Crippen LogP contribution is 2.33. The third-order valence-corrected chi connectivity index (χ3v) is 3.21. The van der Waals surface area contributed by atoms with Crippen LogP contribution in [0.1, 0.15) is 12.8 Å². The standard InChI is InChI=1S/C18H17NO2/c1-3-20-16-11-9-15(10-12-16)18-17(19-13(2)21-18)14-7-5-4-6-8-14/h4-12H,3H2,1-2H3. The van der Waals surface area contributed by atoms with E-state index in [2.05, 4.69) is 4.98 Å². The average molecular weight is 279 g/mol. The van der Waals surface area contributed by atoms with E-state index in [0.717, 1.165) is 28.3 Å². The summed E-state index contributed by atoms with van der Waals surface area (Å²) in [4.78, 5) is 4.52. The number of aromatic nitrogens is 1. The highest BCUT2D eigenvalue weighted by atomic mass is 16.5. The molecule has 0 fully saturated rings. The van der Waals surface area contributed by atoms with Gasteiger partial charge in [0.05, 0.1) is 6.61 Å². The van der Waals surface area contributed by atoms with Gasteiger partial charge < -0.3 is 9.15 Å². The Morgan fingerprint density at radius 1 is 0.952 bits per heavy atom. The Hall–Kier alpha value is -2.55. The second-order valence-electron chi connectivity index (χ2n) is 4.73. The molecule has 0 aliphatic carbocycles. The van der Waals surface area contributed by atoms with Crippen LogP contribution in [0.25, 0.3) is 22.6 Å². The summed E-state index contributed by atoms with van der Waals surface area (Å²) in [5, 5.41) is 0. The van der Waals surface area contributed by atoms with Gasteiger partial charge in [0, 0.05) is 18.1 Å². The van der Waals surface area contributed by atoms with Gasteiger partial charge in [-0.25, -0.2) is 4.98 Å². The van der Waals surface area contributed by atoms with Crippen molar-refractivity contribution >= 4 is 0 Å². The number of ether oxygens (including phenoxy) is 1. The molecule has 0 aliphatic heterocycles. The van der Waals surface area contributed by atoms with E-state index in [4.69, 9.17) is 9.15 Å². The van der Waals surface area contributed by atoms with Crippen LogP contribution in [0.2, 0.25) is 0 Å². The summed E-state index contributed by atoms with van der Waals surface area (Å²) in [5.74, 6) is 2.32. The summed E-state index contributed by atoms with van der Waals surface area (Å²) >= 11 is 0. The lowest BCUT2D eigenvalue weighted by atomic mass is 10.1. The third kappa shape index (κ3) is 2.82. The molecule has 0 aliphatic rings. The van der Waals surface area contributed by atoms with Crippen molar-refractivity contribution in [3.05, 3.63) is 60.5 Å². The summed E-state index contributed by atoms with van der Waals surface area (Å²) in [5.41, 5.74) is 2.92. The molecule has 106 valence electrons. The Labute approximate surface area is 124 Å². The van der Waals surface area contributed by atoms with Gasteiger partial charge >= 0.3 is 0 Å². The van der Waals surface area contributed by atoms with Gasteiger partial charge in [-0.2, -0.15) is 0 Å². The van der Waals surface area contributed by atoms with Crippen LogP contribution in [-0.4, -0.2) is 11.6 Å². The molecule has 0 bridgehead atoms. The molecule has 3 rings (SSSR count). The average Bonchev–Trinajstić information content (AvgIpc) is 2.91. The van der Waals surface area contributed by atoms with Crippen molar-refractivity contribution in [3.8, 4) is 28.3 Å². The molecule has 3 heteroatoms.